The molecule has 0 aliphatic carbocycles. The second-order valence-electron chi connectivity index (χ2n) is 18.3. The highest BCUT2D eigenvalue weighted by Crippen LogP contribution is 2.48. The molecule has 15 aromatic rings. The summed E-state index contributed by atoms with van der Waals surface area (Å²) in [5.74, 6) is 0. The van der Waals surface area contributed by atoms with E-state index >= 15 is 0 Å². The molecule has 0 spiro atoms. The number of aromatic nitrogens is 6. The molecule has 0 N–H and O–H groups in total. The van der Waals surface area contributed by atoms with Gasteiger partial charge in [0.25, 0.3) is 0 Å². The van der Waals surface area contributed by atoms with Crippen molar-refractivity contribution < 1.29 is 0 Å². The lowest BCUT2D eigenvalue weighted by Crippen LogP contribution is -2.07. The van der Waals surface area contributed by atoms with E-state index in [1.807, 2.05) is 24.3 Å². The summed E-state index contributed by atoms with van der Waals surface area (Å²) in [6, 6.07) is 75.3. The normalized spacial score (nSPS) is 11.9. The van der Waals surface area contributed by atoms with Crippen LogP contribution >= 0.6 is 0 Å². The maximum Gasteiger partial charge on any atom is 0.102 e. The second kappa shape index (κ2) is 15.1. The molecule has 8 nitrogen and oxygen atoms in total. The molecule has 15 rings (SSSR count). The van der Waals surface area contributed by atoms with Crippen molar-refractivity contribution >= 4 is 98.1 Å². The van der Waals surface area contributed by atoms with Crippen LogP contribution in [-0.4, -0.2) is 28.2 Å². The van der Waals surface area contributed by atoms with Crippen LogP contribution in [0.5, 0.6) is 0 Å². The van der Waals surface area contributed by atoms with E-state index in [1.54, 1.807) is 18.6 Å². The maximum atomic E-state index is 11.8. The summed E-state index contributed by atoms with van der Waals surface area (Å²) in [6.07, 6.45) is 5.22. The van der Waals surface area contributed by atoms with Crippen molar-refractivity contribution in [1.82, 2.24) is 28.2 Å². The van der Waals surface area contributed by atoms with E-state index in [-0.39, 0.29) is 0 Å². The van der Waals surface area contributed by atoms with E-state index in [2.05, 4.69) is 211 Å². The van der Waals surface area contributed by atoms with Crippen LogP contribution in [0.15, 0.2) is 219 Å². The minimum absolute atomic E-state index is 0.373. The van der Waals surface area contributed by atoms with E-state index in [0.717, 1.165) is 110 Å². The van der Waals surface area contributed by atoms with Crippen molar-refractivity contribution in [3.63, 3.8) is 0 Å². The van der Waals surface area contributed by atoms with Gasteiger partial charge in [-0.3, -0.25) is 9.97 Å². The smallest absolute Gasteiger partial charge is 0.102 e. The van der Waals surface area contributed by atoms with Crippen molar-refractivity contribution in [3.05, 3.63) is 230 Å². The van der Waals surface area contributed by atoms with Gasteiger partial charge in [-0.05, 0) is 84.4 Å². The summed E-state index contributed by atoms with van der Waals surface area (Å²) in [6.45, 7) is 0. The number of hydrogen-bond donors (Lipinski definition) is 0. The Balaban J connectivity index is 1.14. The van der Waals surface area contributed by atoms with E-state index in [0.29, 0.717) is 33.6 Å². The lowest BCUT2D eigenvalue weighted by atomic mass is 9.90. The molecule has 6 heterocycles. The lowest BCUT2D eigenvalue weighted by Gasteiger charge is -2.21. The predicted octanol–water partition coefficient (Wildman–Crippen LogP) is 15.4. The Bertz CT molecular complexity index is 4610. The summed E-state index contributed by atoms with van der Waals surface area (Å²) >= 11 is 0. The van der Waals surface area contributed by atoms with Crippen LogP contribution in [0.25, 0.3) is 132 Å². The van der Waals surface area contributed by atoms with Gasteiger partial charge in [0.2, 0.25) is 0 Å². The Hall–Kier alpha value is -10.3. The highest BCUT2D eigenvalue weighted by atomic mass is 15.0. The molecule has 0 bridgehead atoms. The average molecular weight is 917 g/mol. The lowest BCUT2D eigenvalue weighted by molar-refractivity contribution is 1.12. The first-order chi connectivity index (χ1) is 35.7. The Morgan fingerprint density at radius 1 is 0.361 bits per heavy atom. The third-order valence-corrected chi connectivity index (χ3v) is 14.8. The van der Waals surface area contributed by atoms with Gasteiger partial charge in [-0.15, -0.1) is 0 Å². The van der Waals surface area contributed by atoms with Crippen LogP contribution in [0.1, 0.15) is 11.1 Å². The van der Waals surface area contributed by atoms with Gasteiger partial charge in [-0.25, -0.2) is 0 Å². The number of pyridine rings is 2. The van der Waals surface area contributed by atoms with Gasteiger partial charge in [0.15, 0.2) is 0 Å². The summed E-state index contributed by atoms with van der Waals surface area (Å²) in [5.41, 5.74) is 14.2. The van der Waals surface area contributed by atoms with E-state index in [4.69, 9.17) is 4.98 Å². The number of benzene rings is 9. The third-order valence-electron chi connectivity index (χ3n) is 14.8. The molecule has 0 saturated carbocycles. The SMILES string of the molecule is N#Cc1c(-n2c3ccccc3c3c2ccc2c4ccccc4n(-c4ccccc4)c23)cc(-n2c3ccccc3c3c2ccc2c4ccccc4n(-c4ccccc4)c23)c(C#N)c1-c1ccnc2cnccc12. The molecule has 0 aliphatic rings. The van der Waals surface area contributed by atoms with Gasteiger partial charge < -0.3 is 18.3 Å². The fourth-order valence-corrected chi connectivity index (χ4v) is 11.9. The maximum absolute atomic E-state index is 11.8. The Morgan fingerprint density at radius 3 is 1.29 bits per heavy atom. The zero-order chi connectivity index (χ0) is 47.6. The summed E-state index contributed by atoms with van der Waals surface area (Å²) < 4.78 is 9.23. The molecule has 0 aliphatic heterocycles. The van der Waals surface area contributed by atoms with Gasteiger partial charge in [-0.2, -0.15) is 10.5 Å². The van der Waals surface area contributed by atoms with Crippen LogP contribution in [0, 0.1) is 22.7 Å². The Kier molecular flexibility index (Phi) is 8.33. The summed E-state index contributed by atoms with van der Waals surface area (Å²) in [4.78, 5) is 9.12. The van der Waals surface area contributed by atoms with Crippen LogP contribution in [-0.2, 0) is 0 Å². The molecule has 9 aromatic carbocycles. The van der Waals surface area contributed by atoms with Crippen molar-refractivity contribution in [2.24, 2.45) is 0 Å². The number of rotatable bonds is 5. The van der Waals surface area contributed by atoms with Crippen molar-refractivity contribution in [2.45, 2.75) is 0 Å². The molecule has 72 heavy (non-hydrogen) atoms. The largest absolute Gasteiger partial charge is 0.309 e. The minimum atomic E-state index is 0.373. The van der Waals surface area contributed by atoms with Gasteiger partial charge in [0.1, 0.15) is 12.1 Å². The first kappa shape index (κ1) is 39.7. The zero-order valence-electron chi connectivity index (χ0n) is 38.4. The number of para-hydroxylation sites is 6. The predicted molar refractivity (Wildman–Crippen MR) is 292 cm³/mol. The topological polar surface area (TPSA) is 93.1 Å². The molecular weight excluding hydrogens is 881 g/mol. The highest BCUT2D eigenvalue weighted by molar-refractivity contribution is 6.28. The van der Waals surface area contributed by atoms with E-state index < -0.39 is 0 Å². The molecule has 6 aromatic heterocycles. The van der Waals surface area contributed by atoms with E-state index in [1.165, 1.54) is 0 Å². The van der Waals surface area contributed by atoms with Gasteiger partial charge in [0, 0.05) is 77.8 Å². The van der Waals surface area contributed by atoms with Crippen molar-refractivity contribution in [1.29, 1.82) is 10.5 Å². The van der Waals surface area contributed by atoms with E-state index in [9.17, 15) is 10.5 Å². The van der Waals surface area contributed by atoms with Gasteiger partial charge >= 0.3 is 0 Å². The van der Waals surface area contributed by atoms with Gasteiger partial charge in [-0.1, -0.05) is 121 Å². The van der Waals surface area contributed by atoms with Crippen LogP contribution in [0.3, 0.4) is 0 Å². The average Bonchev–Trinajstić information content (AvgIpc) is 4.18. The van der Waals surface area contributed by atoms with Crippen LogP contribution in [0.2, 0.25) is 0 Å². The monoisotopic (exact) mass is 916 g/mol. The zero-order valence-corrected chi connectivity index (χ0v) is 38.4. The number of fused-ring (bicyclic) bond motifs is 15. The molecule has 0 saturated heterocycles. The molecular formula is C64H36N8. The van der Waals surface area contributed by atoms with Crippen LogP contribution < -0.4 is 0 Å². The standard InChI is InChI=1S/C64H36N8/c65-36-49-58(71-54-25-13-9-21-47(54)61-56(71)29-27-45-42-19-7-11-23-52(42)69(63(45)61)39-15-3-1-4-16-39)35-59(50(37-66)60(49)44-32-34-68-51-38-67-33-31-41(44)51)72-55-26-14-10-22-48(55)62-57(72)30-28-46-43-20-8-12-24-53(43)70(64(46)62)40-17-5-2-6-18-40/h1-35,38H. The summed E-state index contributed by atoms with van der Waals surface area (Å²) in [7, 11) is 0. The molecule has 0 atom stereocenters. The molecule has 0 radical (unpaired) electrons. The van der Waals surface area contributed by atoms with Crippen molar-refractivity contribution in [3.8, 4) is 46.0 Å². The molecule has 8 heteroatoms. The van der Waals surface area contributed by atoms with Gasteiger partial charge in [0.05, 0.1) is 78.3 Å². The quantitative estimate of drug-likeness (QED) is 0.172. The van der Waals surface area contributed by atoms with Crippen molar-refractivity contribution in [2.75, 3.05) is 0 Å². The molecule has 0 amide bonds. The first-order valence-corrected chi connectivity index (χ1v) is 23.9. The fraction of sp³-hybridized carbons (Fsp3) is 0. The Labute approximate surface area is 410 Å². The third kappa shape index (κ3) is 5.32. The van der Waals surface area contributed by atoms with Crippen LogP contribution in [0.4, 0.5) is 0 Å². The Morgan fingerprint density at radius 2 is 0.806 bits per heavy atom. The molecule has 332 valence electrons. The number of hydrogen-bond acceptors (Lipinski definition) is 4. The fourth-order valence-electron chi connectivity index (χ4n) is 11.9. The first-order valence-electron chi connectivity index (χ1n) is 23.9. The summed E-state index contributed by atoms with van der Waals surface area (Å²) in [5, 5.41) is 33.2. The number of nitriles is 2. The second-order valence-corrected chi connectivity index (χ2v) is 18.3. The molecule has 0 fully saturated rings. The molecule has 0 unspecified atom stereocenters. The highest BCUT2D eigenvalue weighted by Gasteiger charge is 2.29. The number of nitrogens with zero attached hydrogens (tertiary/aromatic N) is 8. The minimum Gasteiger partial charge on any atom is -0.309 e.